The van der Waals surface area contributed by atoms with Crippen molar-refractivity contribution in [3.63, 3.8) is 0 Å². The van der Waals surface area contributed by atoms with Crippen LogP contribution in [0.5, 0.6) is 0 Å². The van der Waals surface area contributed by atoms with Crippen molar-refractivity contribution < 1.29 is 25.6 Å². The largest absolute Gasteiger partial charge is 0.447 e. The molecule has 4 nitrogen and oxygen atoms in total. The maximum atomic E-state index is 14.1. The van der Waals surface area contributed by atoms with Gasteiger partial charge in [-0.2, -0.15) is 0 Å². The Hall–Kier alpha value is -1.83. The van der Waals surface area contributed by atoms with Gasteiger partial charge < -0.3 is 9.84 Å². The van der Waals surface area contributed by atoms with Crippen molar-refractivity contribution in [1.29, 1.82) is 0 Å². The number of nitrogens with zero attached hydrogens (tertiary/aromatic N) is 1. The van der Waals surface area contributed by atoms with Crippen LogP contribution >= 0.6 is 0 Å². The molecule has 4 heteroatoms. The van der Waals surface area contributed by atoms with E-state index in [0.29, 0.717) is 16.9 Å². The lowest BCUT2D eigenvalue weighted by molar-refractivity contribution is -0.188. The van der Waals surface area contributed by atoms with Crippen LogP contribution in [0.3, 0.4) is 0 Å². The molecule has 0 spiro atoms. The van der Waals surface area contributed by atoms with Crippen molar-refractivity contribution in [3.8, 4) is 11.8 Å². The average Bonchev–Trinajstić information content (AvgIpc) is 2.85. The molecule has 0 aliphatic heterocycles. The van der Waals surface area contributed by atoms with Crippen LogP contribution in [0.1, 0.15) is 121 Å². The highest BCUT2D eigenvalue weighted by Crippen LogP contribution is 2.53. The summed E-state index contributed by atoms with van der Waals surface area (Å²) in [7, 11) is 0. The standard InChI is InChI=1S/C33H53NO3/c1-13-31(9,10)34(14-2)25(6)18-19-26(7)37-30(35)33(36,28-20-22(3)27(8)23(4)21-28)29-17-15-16-24(5)32(29,11)12/h20-21,24-26,29,36H,13-17H2,1-12H3/i2D3,13D2,14D2,25D. The normalized spacial score (nSPS) is 28.1. The second-order valence-electron chi connectivity index (χ2n) is 11.9. The number of hydrogen-bond acceptors (Lipinski definition) is 4. The van der Waals surface area contributed by atoms with E-state index in [9.17, 15) is 9.90 Å². The maximum absolute atomic E-state index is 14.1. The molecule has 1 fully saturated rings. The highest BCUT2D eigenvalue weighted by Gasteiger charge is 2.55. The van der Waals surface area contributed by atoms with Crippen LogP contribution in [0.2, 0.25) is 0 Å². The number of carbonyl (C=O) groups excluding carboxylic acids is 1. The van der Waals surface area contributed by atoms with E-state index in [1.165, 1.54) is 34.6 Å². The topological polar surface area (TPSA) is 49.8 Å². The van der Waals surface area contributed by atoms with Gasteiger partial charge in [-0.3, -0.25) is 4.90 Å². The Balaban J connectivity index is 2.63. The van der Waals surface area contributed by atoms with Gasteiger partial charge in [-0.25, -0.2) is 4.79 Å². The molecule has 0 heterocycles. The second kappa shape index (κ2) is 11.9. The minimum Gasteiger partial charge on any atom is -0.447 e. The first kappa shape index (κ1) is 21.0. The van der Waals surface area contributed by atoms with Gasteiger partial charge in [0.2, 0.25) is 0 Å². The van der Waals surface area contributed by atoms with Crippen molar-refractivity contribution in [1.82, 2.24) is 4.90 Å². The Bertz CT molecular complexity index is 1270. The summed E-state index contributed by atoms with van der Waals surface area (Å²) in [5.41, 5.74) is -0.877. The first-order valence-corrected chi connectivity index (χ1v) is 13.3. The zero-order valence-corrected chi connectivity index (χ0v) is 24.7. The molecule has 5 atom stereocenters. The SMILES string of the molecule is [2H]C(C)(C#CC(C)OC(=O)C(O)(c1cc(C)c(C)c(C)c1)C1CCCC(C)C1(C)C)N(C([2H])([2H])C([2H])([2H])[2H])C(C)(C)C([2H])([2H])C. The number of aliphatic hydroxyl groups is 1. The van der Waals surface area contributed by atoms with E-state index in [1.54, 1.807) is 0 Å². The van der Waals surface area contributed by atoms with Gasteiger partial charge in [-0.15, -0.1) is 0 Å². The van der Waals surface area contributed by atoms with Gasteiger partial charge in [-0.05, 0) is 101 Å². The molecule has 1 N–H and O–H groups in total. The molecule has 0 aromatic heterocycles. The Morgan fingerprint density at radius 1 is 1.27 bits per heavy atom. The maximum Gasteiger partial charge on any atom is 0.344 e. The van der Waals surface area contributed by atoms with Crippen LogP contribution in [-0.4, -0.2) is 40.1 Å². The molecule has 0 radical (unpaired) electrons. The van der Waals surface area contributed by atoms with Crippen LogP contribution < -0.4 is 0 Å². The van der Waals surface area contributed by atoms with Crippen LogP contribution in [-0.2, 0) is 15.1 Å². The second-order valence-corrected chi connectivity index (χ2v) is 11.9. The fourth-order valence-electron chi connectivity index (χ4n) is 5.48. The first-order chi connectivity index (χ1) is 20.0. The van der Waals surface area contributed by atoms with Crippen molar-refractivity contribution in [2.24, 2.45) is 17.3 Å². The third-order valence-electron chi connectivity index (χ3n) is 8.84. The predicted octanol–water partition coefficient (Wildman–Crippen LogP) is 7.10. The Labute approximate surface area is 238 Å². The fourth-order valence-corrected chi connectivity index (χ4v) is 5.48. The molecule has 1 aliphatic rings. The van der Waals surface area contributed by atoms with E-state index in [4.69, 9.17) is 15.7 Å². The van der Waals surface area contributed by atoms with Gasteiger partial charge in [0.1, 0.15) is 0 Å². The summed E-state index contributed by atoms with van der Waals surface area (Å²) in [5.74, 6) is 4.10. The highest BCUT2D eigenvalue weighted by atomic mass is 16.6. The van der Waals surface area contributed by atoms with Gasteiger partial charge in [0.15, 0.2) is 11.7 Å². The summed E-state index contributed by atoms with van der Waals surface area (Å²) >= 11 is 0. The Morgan fingerprint density at radius 2 is 1.86 bits per heavy atom. The van der Waals surface area contributed by atoms with Crippen LogP contribution in [0.15, 0.2) is 12.1 Å². The lowest BCUT2D eigenvalue weighted by Gasteiger charge is -2.50. The zero-order chi connectivity index (χ0) is 35.4. The number of ether oxygens (including phenoxy) is 1. The van der Waals surface area contributed by atoms with Gasteiger partial charge in [0.05, 0.1) is 7.39 Å². The third kappa shape index (κ3) is 6.43. The number of esters is 1. The number of carbonyl (C=O) groups is 1. The molecule has 0 bridgehead atoms. The lowest BCUT2D eigenvalue weighted by Crippen LogP contribution is -2.53. The lowest BCUT2D eigenvalue weighted by atomic mass is 9.56. The van der Waals surface area contributed by atoms with Crippen LogP contribution in [0, 0.1) is 49.9 Å². The van der Waals surface area contributed by atoms with Crippen molar-refractivity contribution >= 4 is 5.97 Å². The summed E-state index contributed by atoms with van der Waals surface area (Å²) < 4.78 is 71.9. The summed E-state index contributed by atoms with van der Waals surface area (Å²) in [6, 6.07) is 1.38. The van der Waals surface area contributed by atoms with Gasteiger partial charge in [-0.1, -0.05) is 71.4 Å². The molecular weight excluding hydrogens is 458 g/mol. The zero-order valence-electron chi connectivity index (χ0n) is 32.7. The highest BCUT2D eigenvalue weighted by molar-refractivity contribution is 5.82. The molecular formula is C33H53NO3. The molecule has 37 heavy (non-hydrogen) atoms. The van der Waals surface area contributed by atoms with E-state index in [2.05, 4.69) is 32.6 Å². The Morgan fingerprint density at radius 3 is 2.41 bits per heavy atom. The molecule has 2 rings (SSSR count). The summed E-state index contributed by atoms with van der Waals surface area (Å²) in [5, 5.41) is 12.5. The van der Waals surface area contributed by atoms with E-state index >= 15 is 0 Å². The Kier molecular flexibility index (Phi) is 6.78. The minimum absolute atomic E-state index is 0.229. The molecule has 0 saturated heterocycles. The quantitative estimate of drug-likeness (QED) is 0.294. The number of rotatable bonds is 8. The molecule has 1 saturated carbocycles. The fraction of sp³-hybridized carbons (Fsp3) is 0.727. The van der Waals surface area contributed by atoms with E-state index in [-0.39, 0.29) is 5.92 Å². The third-order valence-corrected chi connectivity index (χ3v) is 8.84. The average molecular weight is 520 g/mol. The van der Waals surface area contributed by atoms with E-state index in [0.717, 1.165) is 29.5 Å². The van der Waals surface area contributed by atoms with Crippen molar-refractivity contribution in [2.75, 3.05) is 6.50 Å². The van der Waals surface area contributed by atoms with E-state index in [1.807, 2.05) is 32.9 Å². The summed E-state index contributed by atoms with van der Waals surface area (Å²) in [6.45, 7) is 12.2. The van der Waals surface area contributed by atoms with Crippen LogP contribution in [0.4, 0.5) is 0 Å². The minimum atomic E-state index is -3.23. The number of hydrogen-bond donors (Lipinski definition) is 1. The molecule has 0 amide bonds. The number of benzene rings is 1. The molecule has 5 unspecified atom stereocenters. The van der Waals surface area contributed by atoms with Crippen LogP contribution in [0.25, 0.3) is 0 Å². The van der Waals surface area contributed by atoms with Gasteiger partial charge >= 0.3 is 5.97 Å². The molecule has 208 valence electrons. The van der Waals surface area contributed by atoms with Crippen molar-refractivity contribution in [3.05, 3.63) is 34.4 Å². The first-order valence-electron chi connectivity index (χ1n) is 17.3. The van der Waals surface area contributed by atoms with Gasteiger partial charge in [0, 0.05) is 21.1 Å². The summed E-state index contributed by atoms with van der Waals surface area (Å²) in [6.07, 6.45) is -0.904. The molecule has 1 aromatic rings. The summed E-state index contributed by atoms with van der Waals surface area (Å²) in [4.78, 5) is 14.8. The predicted molar refractivity (Wildman–Crippen MR) is 154 cm³/mol. The van der Waals surface area contributed by atoms with E-state index < -0.39 is 60.3 Å². The molecule has 1 aliphatic carbocycles. The monoisotopic (exact) mass is 519 g/mol. The van der Waals surface area contributed by atoms with Crippen molar-refractivity contribution in [2.45, 2.75) is 132 Å². The molecule has 1 aromatic carbocycles. The smallest absolute Gasteiger partial charge is 0.344 e. The van der Waals surface area contributed by atoms with Gasteiger partial charge in [0.25, 0.3) is 0 Å². The number of aryl methyl sites for hydroxylation is 2.